The number of carbonyl (C=O) groups is 1. The molecule has 120 valence electrons. The molecule has 0 saturated heterocycles. The van der Waals surface area contributed by atoms with Crippen molar-refractivity contribution in [2.45, 2.75) is 13.8 Å². The molecule has 2 N–H and O–H groups in total. The molecule has 2 heterocycles. The minimum atomic E-state index is -1.12. The largest absolute Gasteiger partial charge is 0.477 e. The first-order valence-corrected chi connectivity index (χ1v) is 7.27. The molecule has 0 spiro atoms. The third kappa shape index (κ3) is 3.01. The summed E-state index contributed by atoms with van der Waals surface area (Å²) in [4.78, 5) is 15.4. The molecule has 3 aromatic rings. The van der Waals surface area contributed by atoms with Crippen LogP contribution in [0.3, 0.4) is 0 Å². The second kappa shape index (κ2) is 6.91. The number of carboxylic acid groups (broad SMARTS) is 1. The molecule has 0 unspecified atom stereocenters. The molecule has 1 aromatic carbocycles. The van der Waals surface area contributed by atoms with E-state index in [2.05, 4.69) is 10.3 Å². The number of aromatic carboxylic acids is 1. The maximum Gasteiger partial charge on any atom is 0.354 e. The topological polar surface area (TPSA) is 67.2 Å². The molecular formula is C17H18FN3O2. The molecule has 0 bridgehead atoms. The van der Waals surface area contributed by atoms with Gasteiger partial charge < -0.3 is 15.0 Å². The molecule has 0 atom stereocenters. The molecule has 0 aliphatic carbocycles. The van der Waals surface area contributed by atoms with E-state index in [1.165, 1.54) is 10.6 Å². The quantitative estimate of drug-likeness (QED) is 0.761. The monoisotopic (exact) mass is 315 g/mol. The Bertz CT molecular complexity index is 829. The highest BCUT2D eigenvalue weighted by molar-refractivity contribution is 6.07. The molecule has 0 aliphatic rings. The van der Waals surface area contributed by atoms with Crippen molar-refractivity contribution in [2.75, 3.05) is 5.32 Å². The summed E-state index contributed by atoms with van der Waals surface area (Å²) >= 11 is 0. The number of aryl methyl sites for hydroxylation is 1. The number of anilines is 2. The highest BCUT2D eigenvalue weighted by Crippen LogP contribution is 2.34. The van der Waals surface area contributed by atoms with Gasteiger partial charge >= 0.3 is 5.97 Å². The maximum atomic E-state index is 14.1. The van der Waals surface area contributed by atoms with Crippen LogP contribution in [0.25, 0.3) is 10.9 Å². The normalized spacial score (nSPS) is 10.1. The zero-order chi connectivity index (χ0) is 17.0. The third-order valence-corrected chi connectivity index (χ3v) is 3.33. The number of hydrogen-bond acceptors (Lipinski definition) is 3. The van der Waals surface area contributed by atoms with Gasteiger partial charge in [-0.2, -0.15) is 0 Å². The summed E-state index contributed by atoms with van der Waals surface area (Å²) < 4.78 is 15.6. The first-order valence-electron chi connectivity index (χ1n) is 7.27. The van der Waals surface area contributed by atoms with Crippen LogP contribution in [-0.2, 0) is 7.05 Å². The summed E-state index contributed by atoms with van der Waals surface area (Å²) in [7, 11) is 1.60. The van der Waals surface area contributed by atoms with Crippen LogP contribution in [0, 0.1) is 5.82 Å². The number of fused-ring (bicyclic) bond motifs is 1. The third-order valence-electron chi connectivity index (χ3n) is 3.33. The molecular weight excluding hydrogens is 297 g/mol. The molecule has 0 fully saturated rings. The van der Waals surface area contributed by atoms with Crippen LogP contribution >= 0.6 is 0 Å². The van der Waals surface area contributed by atoms with Crippen molar-refractivity contribution < 1.29 is 14.3 Å². The van der Waals surface area contributed by atoms with Gasteiger partial charge in [0.05, 0.1) is 16.6 Å². The second-order valence-electron chi connectivity index (χ2n) is 4.58. The summed E-state index contributed by atoms with van der Waals surface area (Å²) in [5.74, 6) is -1.59. The van der Waals surface area contributed by atoms with Crippen LogP contribution in [0.15, 0.2) is 42.7 Å². The van der Waals surface area contributed by atoms with E-state index in [0.29, 0.717) is 11.2 Å². The summed E-state index contributed by atoms with van der Waals surface area (Å²) in [6, 6.07) is 7.92. The molecule has 5 nitrogen and oxygen atoms in total. The van der Waals surface area contributed by atoms with E-state index in [9.17, 15) is 14.3 Å². The Labute approximate surface area is 133 Å². The van der Waals surface area contributed by atoms with Gasteiger partial charge in [0.15, 0.2) is 5.69 Å². The van der Waals surface area contributed by atoms with Crippen LogP contribution in [0.5, 0.6) is 0 Å². The lowest BCUT2D eigenvalue weighted by molar-refractivity contribution is 0.0688. The lowest BCUT2D eigenvalue weighted by Crippen LogP contribution is -2.07. The van der Waals surface area contributed by atoms with E-state index in [0.717, 1.165) is 0 Å². The van der Waals surface area contributed by atoms with Crippen LogP contribution in [-0.4, -0.2) is 20.6 Å². The number of nitrogens with zero attached hydrogens (tertiary/aromatic N) is 2. The summed E-state index contributed by atoms with van der Waals surface area (Å²) in [5, 5.41) is 12.7. The fourth-order valence-corrected chi connectivity index (χ4v) is 2.40. The Balaban J connectivity index is 0.000000924. The van der Waals surface area contributed by atoms with Gasteiger partial charge in [0.25, 0.3) is 0 Å². The van der Waals surface area contributed by atoms with Crippen molar-refractivity contribution in [3.8, 4) is 0 Å². The molecule has 2 aromatic heterocycles. The van der Waals surface area contributed by atoms with Gasteiger partial charge in [-0.3, -0.25) is 4.98 Å². The number of hydrogen-bond donors (Lipinski definition) is 2. The number of aromatic nitrogens is 2. The summed E-state index contributed by atoms with van der Waals surface area (Å²) in [5.41, 5.74) is 1.41. The summed E-state index contributed by atoms with van der Waals surface area (Å²) in [6.07, 6.45) is 3.15. The van der Waals surface area contributed by atoms with Crippen molar-refractivity contribution in [1.82, 2.24) is 9.55 Å². The number of carboxylic acids is 1. The number of benzene rings is 1. The average Bonchev–Trinajstić information content (AvgIpc) is 2.84. The van der Waals surface area contributed by atoms with Gasteiger partial charge in [-0.25, -0.2) is 9.18 Å². The highest BCUT2D eigenvalue weighted by Gasteiger charge is 2.22. The maximum absolute atomic E-state index is 14.1. The molecule has 23 heavy (non-hydrogen) atoms. The molecule has 3 rings (SSSR count). The minimum Gasteiger partial charge on any atom is -0.477 e. The Kier molecular flexibility index (Phi) is 4.95. The predicted molar refractivity (Wildman–Crippen MR) is 88.7 cm³/mol. The number of pyridine rings is 1. The van der Waals surface area contributed by atoms with Crippen molar-refractivity contribution >= 4 is 28.2 Å². The fraction of sp³-hybridized carbons (Fsp3) is 0.176. The highest BCUT2D eigenvalue weighted by atomic mass is 19.1. The van der Waals surface area contributed by atoms with Gasteiger partial charge in [0, 0.05) is 25.1 Å². The number of rotatable bonds is 3. The predicted octanol–water partition coefficient (Wildman–Crippen LogP) is 4.18. The van der Waals surface area contributed by atoms with Crippen LogP contribution < -0.4 is 5.32 Å². The van der Waals surface area contributed by atoms with Gasteiger partial charge in [-0.1, -0.05) is 19.9 Å². The SMILES string of the molecule is CC.Cn1c(C(=O)O)c(Nc2ccncc2)c2c(F)cccc21. The zero-order valence-electron chi connectivity index (χ0n) is 13.2. The standard InChI is InChI=1S/C15H12FN3O2.C2H6/c1-19-11-4-2-3-10(16)12(11)13(14(19)15(20)21)18-9-5-7-17-8-6-9;1-2/h2-8H,1H3,(H,17,18)(H,20,21);1-2H3. The first kappa shape index (κ1) is 16.5. The number of nitrogens with one attached hydrogen (secondary N) is 1. The van der Waals surface area contributed by atoms with Gasteiger partial charge in [-0.15, -0.1) is 0 Å². The average molecular weight is 315 g/mol. The molecule has 0 aliphatic heterocycles. The Morgan fingerprint density at radius 3 is 2.48 bits per heavy atom. The van der Waals surface area contributed by atoms with Gasteiger partial charge in [0.2, 0.25) is 0 Å². The van der Waals surface area contributed by atoms with E-state index in [-0.39, 0.29) is 16.8 Å². The molecule has 6 heteroatoms. The smallest absolute Gasteiger partial charge is 0.354 e. The van der Waals surface area contributed by atoms with Crippen LogP contribution in [0.2, 0.25) is 0 Å². The molecule has 0 amide bonds. The Morgan fingerprint density at radius 2 is 1.87 bits per heavy atom. The van der Waals surface area contributed by atoms with E-state index in [4.69, 9.17) is 0 Å². The lowest BCUT2D eigenvalue weighted by atomic mass is 10.2. The lowest BCUT2D eigenvalue weighted by Gasteiger charge is -2.07. The summed E-state index contributed by atoms with van der Waals surface area (Å²) in [6.45, 7) is 4.00. The molecule has 0 radical (unpaired) electrons. The van der Waals surface area contributed by atoms with Crippen LogP contribution in [0.4, 0.5) is 15.8 Å². The van der Waals surface area contributed by atoms with E-state index in [1.54, 1.807) is 43.7 Å². The van der Waals surface area contributed by atoms with Crippen LogP contribution in [0.1, 0.15) is 24.3 Å². The van der Waals surface area contributed by atoms with Crippen molar-refractivity contribution in [2.24, 2.45) is 7.05 Å². The van der Waals surface area contributed by atoms with Crippen molar-refractivity contribution in [3.05, 3.63) is 54.2 Å². The fourth-order valence-electron chi connectivity index (χ4n) is 2.40. The minimum absolute atomic E-state index is 0.00640. The van der Waals surface area contributed by atoms with Crippen molar-refractivity contribution in [1.29, 1.82) is 0 Å². The van der Waals surface area contributed by atoms with Gasteiger partial charge in [0.1, 0.15) is 5.82 Å². The Hall–Kier alpha value is -2.89. The molecule has 0 saturated carbocycles. The van der Waals surface area contributed by atoms with Crippen molar-refractivity contribution in [3.63, 3.8) is 0 Å². The zero-order valence-corrected chi connectivity index (χ0v) is 13.2. The number of halogens is 1. The first-order chi connectivity index (χ1) is 11.1. The van der Waals surface area contributed by atoms with E-state index in [1.807, 2.05) is 13.8 Å². The van der Waals surface area contributed by atoms with E-state index >= 15 is 0 Å². The van der Waals surface area contributed by atoms with E-state index < -0.39 is 11.8 Å². The van der Waals surface area contributed by atoms with Gasteiger partial charge in [-0.05, 0) is 24.3 Å². The second-order valence-corrected chi connectivity index (χ2v) is 4.58. The Morgan fingerprint density at radius 1 is 1.22 bits per heavy atom.